The lowest BCUT2D eigenvalue weighted by Crippen LogP contribution is -2.47. The third-order valence-electron chi connectivity index (χ3n) is 3.44. The van der Waals surface area contributed by atoms with E-state index >= 15 is 0 Å². The summed E-state index contributed by atoms with van der Waals surface area (Å²) in [5.74, 6) is 0. The number of hydrogen-bond donors (Lipinski definition) is 1. The second-order valence-corrected chi connectivity index (χ2v) is 4.92. The maximum atomic E-state index is 9.34. The molecule has 1 aliphatic rings. The Bertz CT molecular complexity index is 331. The smallest absolute Gasteiger partial charge is 0.0720 e. The quantitative estimate of drug-likeness (QED) is 0.821. The molecule has 94 valence electrons. The van der Waals surface area contributed by atoms with Gasteiger partial charge in [-0.2, -0.15) is 0 Å². The van der Waals surface area contributed by atoms with Crippen molar-refractivity contribution in [1.82, 2.24) is 0 Å². The van der Waals surface area contributed by atoms with E-state index in [-0.39, 0.29) is 18.1 Å². The van der Waals surface area contributed by atoms with Crippen LogP contribution >= 0.6 is 0 Å². The van der Waals surface area contributed by atoms with E-state index in [1.54, 1.807) is 7.11 Å². The zero-order chi connectivity index (χ0) is 12.1. The highest BCUT2D eigenvalue weighted by atomic mass is 16.5. The molecular weight excluding hydrogens is 216 g/mol. The maximum absolute atomic E-state index is 9.34. The first kappa shape index (κ1) is 12.6. The zero-order valence-corrected chi connectivity index (χ0v) is 10.3. The van der Waals surface area contributed by atoms with E-state index < -0.39 is 0 Å². The predicted molar refractivity (Wildman–Crippen MR) is 65.6 cm³/mol. The molecule has 0 radical (unpaired) electrons. The summed E-state index contributed by atoms with van der Waals surface area (Å²) in [5.41, 5.74) is 1.14. The highest BCUT2D eigenvalue weighted by molar-refractivity contribution is 5.13. The van der Waals surface area contributed by atoms with Crippen LogP contribution in [0.15, 0.2) is 30.3 Å². The van der Waals surface area contributed by atoms with Crippen molar-refractivity contribution in [2.75, 3.05) is 20.3 Å². The monoisotopic (exact) mass is 236 g/mol. The lowest BCUT2D eigenvalue weighted by Gasteiger charge is -2.45. The summed E-state index contributed by atoms with van der Waals surface area (Å²) in [5, 5.41) is 9.34. The predicted octanol–water partition coefficient (Wildman–Crippen LogP) is 1.99. The lowest BCUT2D eigenvalue weighted by atomic mass is 9.68. The summed E-state index contributed by atoms with van der Waals surface area (Å²) < 4.78 is 10.9. The Balaban J connectivity index is 1.74. The number of hydrogen-bond acceptors (Lipinski definition) is 3. The Labute approximate surface area is 102 Å². The number of ether oxygens (including phenoxy) is 2. The standard InChI is InChI=1S/C14H20O3/c1-16-11-14(10-15)7-13(8-14)17-9-12-5-3-2-4-6-12/h2-6,13,15H,7-11H2,1H3. The molecule has 0 amide bonds. The Hall–Kier alpha value is -0.900. The van der Waals surface area contributed by atoms with Crippen LogP contribution in [-0.4, -0.2) is 31.5 Å². The fourth-order valence-electron chi connectivity index (χ4n) is 2.41. The third kappa shape index (κ3) is 3.06. The topological polar surface area (TPSA) is 38.7 Å². The largest absolute Gasteiger partial charge is 0.396 e. The molecule has 0 heterocycles. The second-order valence-electron chi connectivity index (χ2n) is 4.92. The summed E-state index contributed by atoms with van der Waals surface area (Å²) in [6.07, 6.45) is 2.05. The van der Waals surface area contributed by atoms with Crippen molar-refractivity contribution in [3.63, 3.8) is 0 Å². The third-order valence-corrected chi connectivity index (χ3v) is 3.44. The minimum Gasteiger partial charge on any atom is -0.396 e. The second kappa shape index (κ2) is 5.63. The van der Waals surface area contributed by atoms with Crippen LogP contribution in [0.1, 0.15) is 18.4 Å². The molecule has 3 heteroatoms. The fraction of sp³-hybridized carbons (Fsp3) is 0.571. The van der Waals surface area contributed by atoms with E-state index in [1.807, 2.05) is 18.2 Å². The average Bonchev–Trinajstić information content (AvgIpc) is 2.33. The number of rotatable bonds is 6. The molecule has 0 atom stereocenters. The molecule has 1 N–H and O–H groups in total. The highest BCUT2D eigenvalue weighted by Crippen LogP contribution is 2.42. The van der Waals surface area contributed by atoms with Crippen molar-refractivity contribution >= 4 is 0 Å². The van der Waals surface area contributed by atoms with Crippen molar-refractivity contribution in [2.24, 2.45) is 5.41 Å². The first-order valence-corrected chi connectivity index (χ1v) is 6.03. The highest BCUT2D eigenvalue weighted by Gasteiger charge is 2.44. The van der Waals surface area contributed by atoms with Crippen LogP contribution in [0.4, 0.5) is 0 Å². The molecule has 1 aliphatic carbocycles. The number of benzene rings is 1. The minimum absolute atomic E-state index is 0.0594. The van der Waals surface area contributed by atoms with Crippen molar-refractivity contribution in [3.05, 3.63) is 35.9 Å². The van der Waals surface area contributed by atoms with Crippen molar-refractivity contribution in [3.8, 4) is 0 Å². The van der Waals surface area contributed by atoms with Crippen LogP contribution in [0.25, 0.3) is 0 Å². The van der Waals surface area contributed by atoms with Gasteiger partial charge < -0.3 is 14.6 Å². The Morgan fingerprint density at radius 1 is 1.29 bits per heavy atom. The van der Waals surface area contributed by atoms with Gasteiger partial charge in [-0.3, -0.25) is 0 Å². The molecule has 0 unspecified atom stereocenters. The van der Waals surface area contributed by atoms with E-state index in [4.69, 9.17) is 9.47 Å². The Morgan fingerprint density at radius 2 is 2.00 bits per heavy atom. The molecule has 3 nitrogen and oxygen atoms in total. The molecule has 0 aliphatic heterocycles. The molecule has 1 aromatic rings. The summed E-state index contributed by atoms with van der Waals surface area (Å²) >= 11 is 0. The minimum atomic E-state index is -0.0594. The fourth-order valence-corrected chi connectivity index (χ4v) is 2.41. The van der Waals surface area contributed by atoms with Gasteiger partial charge in [0, 0.05) is 12.5 Å². The van der Waals surface area contributed by atoms with Gasteiger partial charge in [0.25, 0.3) is 0 Å². The Kier molecular flexibility index (Phi) is 4.15. The first-order valence-electron chi connectivity index (χ1n) is 6.03. The lowest BCUT2D eigenvalue weighted by molar-refractivity contribution is -0.132. The van der Waals surface area contributed by atoms with Gasteiger partial charge >= 0.3 is 0 Å². The van der Waals surface area contributed by atoms with Crippen LogP contribution in [0.5, 0.6) is 0 Å². The van der Waals surface area contributed by atoms with E-state index in [1.165, 1.54) is 5.56 Å². The normalized spacial score (nSPS) is 27.8. The maximum Gasteiger partial charge on any atom is 0.0720 e. The van der Waals surface area contributed by atoms with E-state index in [0.717, 1.165) is 12.8 Å². The average molecular weight is 236 g/mol. The summed E-state index contributed by atoms with van der Waals surface area (Å²) in [4.78, 5) is 0. The molecule has 0 spiro atoms. The van der Waals surface area contributed by atoms with Crippen LogP contribution in [0, 0.1) is 5.41 Å². The van der Waals surface area contributed by atoms with Gasteiger partial charge in [-0.25, -0.2) is 0 Å². The molecular formula is C14H20O3. The van der Waals surface area contributed by atoms with Gasteiger partial charge in [-0.05, 0) is 18.4 Å². The molecule has 1 saturated carbocycles. The van der Waals surface area contributed by atoms with Gasteiger partial charge in [0.15, 0.2) is 0 Å². The number of methoxy groups -OCH3 is 1. The van der Waals surface area contributed by atoms with Gasteiger partial charge in [-0.15, -0.1) is 0 Å². The molecule has 0 bridgehead atoms. The van der Waals surface area contributed by atoms with E-state index in [2.05, 4.69) is 12.1 Å². The van der Waals surface area contributed by atoms with Crippen LogP contribution in [0.2, 0.25) is 0 Å². The summed E-state index contributed by atoms with van der Waals surface area (Å²) in [7, 11) is 1.68. The molecule has 0 saturated heterocycles. The van der Waals surface area contributed by atoms with Crippen molar-refractivity contribution < 1.29 is 14.6 Å². The van der Waals surface area contributed by atoms with E-state index in [9.17, 15) is 5.11 Å². The molecule has 1 fully saturated rings. The summed E-state index contributed by atoms with van der Waals surface area (Å²) in [6.45, 7) is 1.46. The Morgan fingerprint density at radius 3 is 2.59 bits per heavy atom. The molecule has 0 aromatic heterocycles. The van der Waals surface area contributed by atoms with Crippen LogP contribution in [0.3, 0.4) is 0 Å². The van der Waals surface area contributed by atoms with Crippen LogP contribution < -0.4 is 0 Å². The summed E-state index contributed by atoms with van der Waals surface area (Å²) in [6, 6.07) is 10.2. The van der Waals surface area contributed by atoms with Gasteiger partial charge in [-0.1, -0.05) is 30.3 Å². The number of aliphatic hydroxyl groups is 1. The molecule has 1 aromatic carbocycles. The van der Waals surface area contributed by atoms with Gasteiger partial charge in [0.05, 0.1) is 25.9 Å². The van der Waals surface area contributed by atoms with Crippen LogP contribution in [-0.2, 0) is 16.1 Å². The zero-order valence-electron chi connectivity index (χ0n) is 10.3. The van der Waals surface area contributed by atoms with Gasteiger partial charge in [0.2, 0.25) is 0 Å². The van der Waals surface area contributed by atoms with Gasteiger partial charge in [0.1, 0.15) is 0 Å². The molecule has 2 rings (SSSR count). The number of aliphatic hydroxyl groups excluding tert-OH is 1. The van der Waals surface area contributed by atoms with E-state index in [0.29, 0.717) is 13.2 Å². The van der Waals surface area contributed by atoms with Crippen molar-refractivity contribution in [2.45, 2.75) is 25.6 Å². The SMILES string of the molecule is COCC1(CO)CC(OCc2ccccc2)C1. The van der Waals surface area contributed by atoms with Crippen molar-refractivity contribution in [1.29, 1.82) is 0 Å². The molecule has 17 heavy (non-hydrogen) atoms. The first-order chi connectivity index (χ1) is 8.28.